The zero-order valence-electron chi connectivity index (χ0n) is 18.7. The number of benzene rings is 2. The second-order valence-corrected chi connectivity index (χ2v) is 11.1. The molecule has 2 rings (SSSR count). The van der Waals surface area contributed by atoms with Crippen LogP contribution in [0.4, 0.5) is 5.69 Å². The molecule has 0 aliphatic carbocycles. The summed E-state index contributed by atoms with van der Waals surface area (Å²) >= 11 is -5.65. The van der Waals surface area contributed by atoms with Crippen LogP contribution in [0.3, 0.4) is 0 Å². The third-order valence-corrected chi connectivity index (χ3v) is 7.85. The molecule has 0 heterocycles. The minimum absolute atomic E-state index is 0.0127. The number of aromatic hydroxyl groups is 1. The van der Waals surface area contributed by atoms with Crippen molar-refractivity contribution < 1.29 is 35.8 Å². The second-order valence-electron chi connectivity index (χ2n) is 7.50. The van der Waals surface area contributed by atoms with Crippen LogP contribution in [-0.2, 0) is 33.0 Å². The van der Waals surface area contributed by atoms with Gasteiger partial charge in [0.2, 0.25) is 0 Å². The van der Waals surface area contributed by atoms with Gasteiger partial charge in [-0.05, 0) is 0 Å². The number of phenolic OH excluding ortho intramolecular Hbond substituents is 1. The van der Waals surface area contributed by atoms with E-state index in [1.807, 2.05) is 0 Å². The van der Waals surface area contributed by atoms with Gasteiger partial charge in [0.25, 0.3) is 0 Å². The molecule has 0 spiro atoms. The number of hydrogen-bond acceptors (Lipinski definition) is 7. The molecular formula is C23H28AsNO8. The van der Waals surface area contributed by atoms with Crippen LogP contribution in [-0.4, -0.2) is 47.8 Å². The Morgan fingerprint density at radius 1 is 1.06 bits per heavy atom. The summed E-state index contributed by atoms with van der Waals surface area (Å²) in [6.07, 6.45) is 0.354. The molecule has 1 amide bonds. The fourth-order valence-electron chi connectivity index (χ4n) is 3.47. The van der Waals surface area contributed by atoms with Gasteiger partial charge in [-0.1, -0.05) is 0 Å². The number of carbonyl (C=O) groups excluding carboxylic acids is 3. The number of anilines is 1. The molecule has 0 aliphatic rings. The number of ether oxygens (including phenoxy) is 1. The monoisotopic (exact) mass is 521 g/mol. The first-order chi connectivity index (χ1) is 15.6. The van der Waals surface area contributed by atoms with Gasteiger partial charge in [0.1, 0.15) is 0 Å². The number of phenols is 1. The standard InChI is InChI=1S/C23H28AsNO8/c1-4-13-23(21(28)32-5-2,15-17-9-7-6-8-10-17)22(29)33-24(30,31)19-12-11-18(27)14-20(19)25-16(3)26/h6-12,14,27H,4-5,13,15H2,1-3H3,(H,25,26)(H,30,31). The molecule has 0 radical (unpaired) electrons. The van der Waals surface area contributed by atoms with Crippen LogP contribution in [0.2, 0.25) is 0 Å². The Labute approximate surface area is 195 Å². The summed E-state index contributed by atoms with van der Waals surface area (Å²) in [5.74, 6) is -2.85. The van der Waals surface area contributed by atoms with Crippen molar-refractivity contribution in [2.75, 3.05) is 11.9 Å². The number of amides is 1. The van der Waals surface area contributed by atoms with Crippen LogP contribution in [0.5, 0.6) is 5.75 Å². The number of esters is 1. The SMILES string of the molecule is CCCC(Cc1ccccc1)(C(=O)OCC)C(=O)O[As](=O)(O)c1ccc(O)cc1NC(C)=O. The van der Waals surface area contributed by atoms with E-state index >= 15 is 0 Å². The van der Waals surface area contributed by atoms with Crippen LogP contribution in [0.1, 0.15) is 39.2 Å². The number of carbonyl (C=O) groups is 3. The van der Waals surface area contributed by atoms with Crippen molar-refractivity contribution in [1.82, 2.24) is 0 Å². The van der Waals surface area contributed by atoms with Crippen LogP contribution < -0.4 is 9.67 Å². The van der Waals surface area contributed by atoms with Gasteiger partial charge in [-0.25, -0.2) is 0 Å². The van der Waals surface area contributed by atoms with E-state index in [9.17, 15) is 27.3 Å². The Morgan fingerprint density at radius 3 is 2.30 bits per heavy atom. The van der Waals surface area contributed by atoms with Gasteiger partial charge in [-0.3, -0.25) is 0 Å². The van der Waals surface area contributed by atoms with Crippen molar-refractivity contribution in [2.45, 2.75) is 40.0 Å². The summed E-state index contributed by atoms with van der Waals surface area (Å²) in [4.78, 5) is 37.9. The van der Waals surface area contributed by atoms with Gasteiger partial charge < -0.3 is 0 Å². The maximum absolute atomic E-state index is 13.4. The first-order valence-electron chi connectivity index (χ1n) is 10.4. The van der Waals surface area contributed by atoms with Crippen molar-refractivity contribution in [1.29, 1.82) is 0 Å². The van der Waals surface area contributed by atoms with Crippen molar-refractivity contribution in [3.8, 4) is 5.75 Å². The number of nitrogens with one attached hydrogen (secondary N) is 1. The van der Waals surface area contributed by atoms with Gasteiger partial charge in [0.15, 0.2) is 0 Å². The summed E-state index contributed by atoms with van der Waals surface area (Å²) in [6, 6.07) is 12.0. The van der Waals surface area contributed by atoms with E-state index in [-0.39, 0.29) is 35.2 Å². The Morgan fingerprint density at radius 2 is 1.73 bits per heavy atom. The third kappa shape index (κ3) is 6.49. The van der Waals surface area contributed by atoms with Crippen molar-refractivity contribution in [3.05, 3.63) is 54.1 Å². The summed E-state index contributed by atoms with van der Waals surface area (Å²) in [7, 11) is 0. The summed E-state index contributed by atoms with van der Waals surface area (Å²) in [6.45, 7) is 4.56. The van der Waals surface area contributed by atoms with Crippen LogP contribution in [0, 0.1) is 5.41 Å². The number of hydrogen-bond donors (Lipinski definition) is 3. The molecule has 178 valence electrons. The molecule has 2 aromatic rings. The Kier molecular flexibility index (Phi) is 8.90. The van der Waals surface area contributed by atoms with Gasteiger partial charge >= 0.3 is 195 Å². The Balaban J connectivity index is 2.51. The molecule has 2 unspecified atom stereocenters. The first kappa shape index (κ1) is 26.2. The van der Waals surface area contributed by atoms with Gasteiger partial charge in [0.05, 0.1) is 0 Å². The molecule has 33 heavy (non-hydrogen) atoms. The molecule has 0 aliphatic heterocycles. The average molecular weight is 521 g/mol. The van der Waals surface area contributed by atoms with Gasteiger partial charge in [-0.15, -0.1) is 0 Å². The van der Waals surface area contributed by atoms with Crippen molar-refractivity contribution in [3.63, 3.8) is 0 Å². The molecule has 3 N–H and O–H groups in total. The normalized spacial score (nSPS) is 14.4. The van der Waals surface area contributed by atoms with Gasteiger partial charge in [0, 0.05) is 0 Å². The maximum atomic E-state index is 13.4. The Bertz CT molecular complexity index is 1060. The zero-order valence-corrected chi connectivity index (χ0v) is 20.6. The molecule has 0 saturated carbocycles. The number of rotatable bonds is 10. The van der Waals surface area contributed by atoms with Crippen LogP contribution in [0.15, 0.2) is 48.5 Å². The third-order valence-electron chi connectivity index (χ3n) is 4.88. The molecule has 0 aromatic heterocycles. The molecular weight excluding hydrogens is 493 g/mol. The molecule has 9 nitrogen and oxygen atoms in total. The first-order valence-corrected chi connectivity index (χ1v) is 13.8. The zero-order chi connectivity index (χ0) is 24.6. The second kappa shape index (κ2) is 11.2. The molecule has 0 saturated heterocycles. The van der Waals surface area contributed by atoms with Crippen molar-refractivity contribution in [2.24, 2.45) is 5.41 Å². The van der Waals surface area contributed by atoms with E-state index in [1.165, 1.54) is 6.92 Å². The summed E-state index contributed by atoms with van der Waals surface area (Å²) in [5.41, 5.74) is -1.35. The van der Waals surface area contributed by atoms with E-state index in [1.54, 1.807) is 44.2 Å². The van der Waals surface area contributed by atoms with E-state index in [0.29, 0.717) is 12.0 Å². The van der Waals surface area contributed by atoms with E-state index in [2.05, 4.69) is 5.32 Å². The molecule has 0 bridgehead atoms. The van der Waals surface area contributed by atoms with Gasteiger partial charge in [-0.2, -0.15) is 0 Å². The van der Waals surface area contributed by atoms with Crippen LogP contribution in [0.25, 0.3) is 0 Å². The Hall–Kier alpha value is -3.03. The quantitative estimate of drug-likeness (QED) is 0.245. The predicted octanol–water partition coefficient (Wildman–Crippen LogP) is 2.05. The van der Waals surface area contributed by atoms with E-state index < -0.39 is 37.4 Å². The summed E-state index contributed by atoms with van der Waals surface area (Å²) < 4.78 is 33.9. The molecule has 10 heteroatoms. The summed E-state index contributed by atoms with van der Waals surface area (Å²) in [5, 5.41) is 12.0. The van der Waals surface area contributed by atoms with Crippen molar-refractivity contribution >= 4 is 42.1 Å². The molecule has 2 atom stereocenters. The fourth-order valence-corrected chi connectivity index (χ4v) is 5.96. The molecule has 2 aromatic carbocycles. The average Bonchev–Trinajstić information content (AvgIpc) is 2.73. The topological polar surface area (TPSA) is 139 Å². The van der Waals surface area contributed by atoms with Crippen LogP contribution >= 0.6 is 0 Å². The predicted molar refractivity (Wildman–Crippen MR) is 121 cm³/mol. The van der Waals surface area contributed by atoms with E-state index in [0.717, 1.165) is 18.2 Å². The van der Waals surface area contributed by atoms with E-state index in [4.69, 9.17) is 8.46 Å². The fraction of sp³-hybridized carbons (Fsp3) is 0.348. The molecule has 0 fully saturated rings. The minimum atomic E-state index is -5.65.